The quantitative estimate of drug-likeness (QED) is 0.223. The van der Waals surface area contributed by atoms with Crippen LogP contribution < -0.4 is 5.32 Å². The van der Waals surface area contributed by atoms with Gasteiger partial charge in [-0.25, -0.2) is 27.0 Å². The minimum Gasteiger partial charge on any atom is -0.461 e. The van der Waals surface area contributed by atoms with Gasteiger partial charge in [-0.1, -0.05) is 12.1 Å². The summed E-state index contributed by atoms with van der Waals surface area (Å²) in [6, 6.07) is 14.0. The van der Waals surface area contributed by atoms with Crippen molar-refractivity contribution in [2.75, 3.05) is 11.9 Å². The first-order valence-electron chi connectivity index (χ1n) is 10.4. The van der Waals surface area contributed by atoms with Crippen LogP contribution in [0.3, 0.4) is 0 Å². The number of carbonyl (C=O) groups is 2. The highest BCUT2D eigenvalue weighted by Gasteiger charge is 2.20. The molecule has 0 saturated heterocycles. The summed E-state index contributed by atoms with van der Waals surface area (Å²) in [5.41, 5.74) is 0.705. The first-order valence-corrected chi connectivity index (χ1v) is 10.4. The molecule has 0 saturated carbocycles. The van der Waals surface area contributed by atoms with Gasteiger partial charge in [-0.15, -0.1) is 0 Å². The van der Waals surface area contributed by atoms with Crippen molar-refractivity contribution in [3.05, 3.63) is 101 Å². The number of halogens is 4. The van der Waals surface area contributed by atoms with Gasteiger partial charge in [-0.05, 0) is 55.5 Å². The molecule has 1 amide bonds. The lowest BCUT2D eigenvalue weighted by atomic mass is 10.1. The van der Waals surface area contributed by atoms with Crippen LogP contribution in [0, 0.1) is 23.3 Å². The van der Waals surface area contributed by atoms with Crippen LogP contribution >= 0.6 is 0 Å². The number of hydrogen-bond donors (Lipinski definition) is 1. The van der Waals surface area contributed by atoms with Gasteiger partial charge in [0.15, 0.2) is 17.3 Å². The van der Waals surface area contributed by atoms with E-state index < -0.39 is 40.7 Å². The molecule has 3 aromatic carbocycles. The van der Waals surface area contributed by atoms with E-state index in [0.717, 1.165) is 0 Å². The molecule has 0 unspecified atom stereocenters. The Labute approximate surface area is 196 Å². The second kappa shape index (κ2) is 9.80. The van der Waals surface area contributed by atoms with Crippen LogP contribution in [0.15, 0.2) is 66.7 Å². The Balaban J connectivity index is 1.72. The molecule has 4 rings (SSSR count). The van der Waals surface area contributed by atoms with Crippen LogP contribution in [0.4, 0.5) is 23.2 Å². The number of nitrogens with zero attached hydrogens (tertiary/aromatic N) is 2. The van der Waals surface area contributed by atoms with Crippen LogP contribution in [-0.4, -0.2) is 28.3 Å². The largest absolute Gasteiger partial charge is 0.461 e. The highest BCUT2D eigenvalue weighted by atomic mass is 19.2. The Kier molecular flexibility index (Phi) is 6.63. The molecule has 0 radical (unpaired) electrons. The van der Waals surface area contributed by atoms with Crippen molar-refractivity contribution in [2.24, 2.45) is 0 Å². The average Bonchev–Trinajstić information content (AvgIpc) is 3.28. The maximum atomic E-state index is 14.0. The zero-order chi connectivity index (χ0) is 25.1. The molecule has 0 aliphatic carbocycles. The van der Waals surface area contributed by atoms with Gasteiger partial charge in [0.05, 0.1) is 23.6 Å². The van der Waals surface area contributed by atoms with Crippen LogP contribution in [0.1, 0.15) is 27.8 Å². The molecular weight excluding hydrogens is 466 g/mol. The van der Waals surface area contributed by atoms with Gasteiger partial charge in [0.25, 0.3) is 5.91 Å². The van der Waals surface area contributed by atoms with E-state index in [0.29, 0.717) is 29.1 Å². The number of amides is 1. The van der Waals surface area contributed by atoms with E-state index in [4.69, 9.17) is 4.74 Å². The van der Waals surface area contributed by atoms with Gasteiger partial charge >= 0.3 is 5.97 Å². The van der Waals surface area contributed by atoms with E-state index in [2.05, 4.69) is 10.4 Å². The molecule has 4 aromatic rings. The third-order valence-electron chi connectivity index (χ3n) is 4.92. The number of rotatable bonds is 6. The van der Waals surface area contributed by atoms with Gasteiger partial charge in [0.2, 0.25) is 0 Å². The minimum atomic E-state index is -1.49. The normalized spacial score (nSPS) is 10.8. The van der Waals surface area contributed by atoms with Crippen molar-refractivity contribution < 1.29 is 31.9 Å². The molecule has 0 fully saturated rings. The minimum absolute atomic E-state index is 0.00193. The summed E-state index contributed by atoms with van der Waals surface area (Å²) in [6.07, 6.45) is 0. The van der Waals surface area contributed by atoms with Gasteiger partial charge in [-0.3, -0.25) is 4.79 Å². The smallest absolute Gasteiger partial charge is 0.358 e. The Bertz CT molecular complexity index is 1420. The molecule has 1 aromatic heterocycles. The van der Waals surface area contributed by atoms with Crippen LogP contribution in [0.2, 0.25) is 0 Å². The monoisotopic (exact) mass is 483 g/mol. The molecule has 0 aliphatic rings. The molecular formula is C25H17F4N3O3. The van der Waals surface area contributed by atoms with Crippen LogP contribution in [0.25, 0.3) is 16.9 Å². The van der Waals surface area contributed by atoms with Crippen molar-refractivity contribution in [2.45, 2.75) is 6.92 Å². The molecule has 178 valence electrons. The zero-order valence-corrected chi connectivity index (χ0v) is 18.2. The first kappa shape index (κ1) is 23.7. The van der Waals surface area contributed by atoms with E-state index in [1.807, 2.05) is 0 Å². The summed E-state index contributed by atoms with van der Waals surface area (Å²) in [7, 11) is 0. The zero-order valence-electron chi connectivity index (χ0n) is 18.2. The molecule has 0 atom stereocenters. The SMILES string of the molecule is CCOC(=O)c1cc(-c2cccc(NC(=O)c3cc(F)cc(F)c3F)c2)n(-c2ccc(F)cc2)n1. The maximum absolute atomic E-state index is 14.0. The van der Waals surface area contributed by atoms with Crippen LogP contribution in [0.5, 0.6) is 0 Å². The molecule has 0 aliphatic heterocycles. The Morgan fingerprint density at radius 3 is 2.40 bits per heavy atom. The molecule has 35 heavy (non-hydrogen) atoms. The van der Waals surface area contributed by atoms with Gasteiger partial charge in [0.1, 0.15) is 11.6 Å². The summed E-state index contributed by atoms with van der Waals surface area (Å²) >= 11 is 0. The number of aromatic nitrogens is 2. The second-order valence-corrected chi connectivity index (χ2v) is 7.31. The number of benzene rings is 3. The summed E-state index contributed by atoms with van der Waals surface area (Å²) < 4.78 is 60.9. The van der Waals surface area contributed by atoms with Gasteiger partial charge in [0, 0.05) is 17.3 Å². The number of hydrogen-bond acceptors (Lipinski definition) is 4. The maximum Gasteiger partial charge on any atom is 0.358 e. The Morgan fingerprint density at radius 1 is 0.943 bits per heavy atom. The standard InChI is InChI=1S/C25H17F4N3O3/c1-2-35-25(34)21-13-22(32(31-21)18-8-6-15(26)7-9-18)14-4-3-5-17(10-14)30-24(33)19-11-16(27)12-20(28)23(19)29/h3-13H,2H2,1H3,(H,30,33). The number of carbonyl (C=O) groups excluding carboxylic acids is 2. The highest BCUT2D eigenvalue weighted by molar-refractivity contribution is 6.04. The summed E-state index contributed by atoms with van der Waals surface area (Å²) in [5.74, 6) is -6.25. The molecule has 0 spiro atoms. The summed E-state index contributed by atoms with van der Waals surface area (Å²) in [4.78, 5) is 24.7. The van der Waals surface area contributed by atoms with E-state index in [1.54, 1.807) is 19.1 Å². The van der Waals surface area contributed by atoms with E-state index in [1.165, 1.54) is 47.1 Å². The van der Waals surface area contributed by atoms with E-state index >= 15 is 0 Å². The Morgan fingerprint density at radius 2 is 1.69 bits per heavy atom. The van der Waals surface area contributed by atoms with Crippen LogP contribution in [-0.2, 0) is 4.74 Å². The number of anilines is 1. The molecule has 0 bridgehead atoms. The Hall–Kier alpha value is -4.47. The first-order chi connectivity index (χ1) is 16.8. The van der Waals surface area contributed by atoms with Crippen molar-refractivity contribution in [3.63, 3.8) is 0 Å². The number of ether oxygens (including phenoxy) is 1. The molecule has 10 heteroatoms. The van der Waals surface area contributed by atoms with E-state index in [-0.39, 0.29) is 18.0 Å². The number of nitrogens with one attached hydrogen (secondary N) is 1. The lowest BCUT2D eigenvalue weighted by Gasteiger charge is -2.11. The summed E-state index contributed by atoms with van der Waals surface area (Å²) in [6.45, 7) is 1.78. The molecule has 1 heterocycles. The fraction of sp³-hybridized carbons (Fsp3) is 0.0800. The van der Waals surface area contributed by atoms with Crippen molar-refractivity contribution in [3.8, 4) is 16.9 Å². The fourth-order valence-corrected chi connectivity index (χ4v) is 3.35. The van der Waals surface area contributed by atoms with Gasteiger partial charge in [-0.2, -0.15) is 5.10 Å². The lowest BCUT2D eigenvalue weighted by Crippen LogP contribution is -2.15. The van der Waals surface area contributed by atoms with Gasteiger partial charge < -0.3 is 10.1 Å². The fourth-order valence-electron chi connectivity index (χ4n) is 3.35. The predicted molar refractivity (Wildman–Crippen MR) is 119 cm³/mol. The third-order valence-corrected chi connectivity index (χ3v) is 4.92. The van der Waals surface area contributed by atoms with Crippen molar-refractivity contribution >= 4 is 17.6 Å². The van der Waals surface area contributed by atoms with Crippen molar-refractivity contribution in [1.82, 2.24) is 9.78 Å². The lowest BCUT2D eigenvalue weighted by molar-refractivity contribution is 0.0518. The second-order valence-electron chi connectivity index (χ2n) is 7.31. The summed E-state index contributed by atoms with van der Waals surface area (Å²) in [5, 5.41) is 6.67. The highest BCUT2D eigenvalue weighted by Crippen LogP contribution is 2.27. The topological polar surface area (TPSA) is 73.2 Å². The van der Waals surface area contributed by atoms with E-state index in [9.17, 15) is 27.2 Å². The number of esters is 1. The average molecular weight is 483 g/mol. The van der Waals surface area contributed by atoms with Crippen molar-refractivity contribution in [1.29, 1.82) is 0 Å². The third kappa shape index (κ3) is 5.06. The molecule has 6 nitrogen and oxygen atoms in total. The molecule has 1 N–H and O–H groups in total. The predicted octanol–water partition coefficient (Wildman–Crippen LogP) is 5.52.